The van der Waals surface area contributed by atoms with Crippen molar-refractivity contribution in [1.82, 2.24) is 5.32 Å². The van der Waals surface area contributed by atoms with Crippen molar-refractivity contribution in [2.75, 3.05) is 20.2 Å². The summed E-state index contributed by atoms with van der Waals surface area (Å²) in [6, 6.07) is 0. The highest BCUT2D eigenvalue weighted by Crippen LogP contribution is 2.47. The van der Waals surface area contributed by atoms with Gasteiger partial charge in [0.15, 0.2) is 0 Å². The van der Waals surface area contributed by atoms with Gasteiger partial charge in [-0.2, -0.15) is 0 Å². The Morgan fingerprint density at radius 2 is 2.07 bits per heavy atom. The molecule has 2 heteroatoms. The molecule has 0 radical (unpaired) electrons. The van der Waals surface area contributed by atoms with Crippen LogP contribution in [0.4, 0.5) is 0 Å². The molecule has 2 bridgehead atoms. The van der Waals surface area contributed by atoms with Gasteiger partial charge < -0.3 is 10.1 Å². The van der Waals surface area contributed by atoms with Crippen LogP contribution in [0, 0.1) is 17.8 Å². The average molecular weight is 211 g/mol. The zero-order valence-corrected chi connectivity index (χ0v) is 10.4. The summed E-state index contributed by atoms with van der Waals surface area (Å²) in [5.74, 6) is 3.06. The zero-order valence-electron chi connectivity index (χ0n) is 10.4. The molecule has 0 saturated heterocycles. The van der Waals surface area contributed by atoms with E-state index in [1.54, 1.807) is 7.11 Å². The predicted octanol–water partition coefficient (Wildman–Crippen LogP) is 2.44. The standard InChI is InChI=1S/C13H25NO/c1-13(2,15-3)9-14-8-12-7-10-4-5-11(12)6-10/h10-12,14H,4-9H2,1-3H3. The first kappa shape index (κ1) is 11.4. The van der Waals surface area contributed by atoms with Crippen molar-refractivity contribution in [3.63, 3.8) is 0 Å². The van der Waals surface area contributed by atoms with Gasteiger partial charge >= 0.3 is 0 Å². The molecular formula is C13H25NO. The highest BCUT2D eigenvalue weighted by atomic mass is 16.5. The van der Waals surface area contributed by atoms with Crippen LogP contribution in [0.5, 0.6) is 0 Å². The van der Waals surface area contributed by atoms with Gasteiger partial charge in [0.25, 0.3) is 0 Å². The molecular weight excluding hydrogens is 186 g/mol. The van der Waals surface area contributed by atoms with E-state index < -0.39 is 0 Å². The van der Waals surface area contributed by atoms with Gasteiger partial charge in [-0.3, -0.25) is 0 Å². The van der Waals surface area contributed by atoms with Crippen LogP contribution in [0.2, 0.25) is 0 Å². The normalized spacial score (nSPS) is 35.0. The Hall–Kier alpha value is -0.0800. The van der Waals surface area contributed by atoms with Crippen LogP contribution in [0.3, 0.4) is 0 Å². The SMILES string of the molecule is COC(C)(C)CNCC1CC2CCC1C2. The maximum absolute atomic E-state index is 5.40. The van der Waals surface area contributed by atoms with E-state index in [0.717, 1.165) is 24.3 Å². The number of rotatable bonds is 5. The van der Waals surface area contributed by atoms with Crippen molar-refractivity contribution >= 4 is 0 Å². The van der Waals surface area contributed by atoms with Gasteiger partial charge in [0.2, 0.25) is 0 Å². The van der Waals surface area contributed by atoms with E-state index in [4.69, 9.17) is 4.74 Å². The molecule has 2 aliphatic rings. The Kier molecular flexibility index (Phi) is 3.36. The Morgan fingerprint density at radius 3 is 2.60 bits per heavy atom. The number of nitrogens with one attached hydrogen (secondary N) is 1. The molecule has 0 aromatic heterocycles. The summed E-state index contributed by atoms with van der Waals surface area (Å²) in [4.78, 5) is 0. The lowest BCUT2D eigenvalue weighted by Crippen LogP contribution is -2.39. The van der Waals surface area contributed by atoms with E-state index in [9.17, 15) is 0 Å². The first-order chi connectivity index (χ1) is 7.11. The van der Waals surface area contributed by atoms with E-state index >= 15 is 0 Å². The van der Waals surface area contributed by atoms with Crippen LogP contribution in [0.1, 0.15) is 39.5 Å². The third-order valence-electron chi connectivity index (χ3n) is 4.39. The van der Waals surface area contributed by atoms with E-state index in [1.807, 2.05) is 0 Å². The maximum Gasteiger partial charge on any atom is 0.0746 e. The minimum Gasteiger partial charge on any atom is -0.377 e. The van der Waals surface area contributed by atoms with Gasteiger partial charge in [-0.05, 0) is 57.4 Å². The molecule has 88 valence electrons. The van der Waals surface area contributed by atoms with Crippen LogP contribution in [-0.2, 0) is 4.74 Å². The summed E-state index contributed by atoms with van der Waals surface area (Å²) in [5, 5.41) is 3.58. The number of ether oxygens (including phenoxy) is 1. The van der Waals surface area contributed by atoms with Crippen LogP contribution in [-0.4, -0.2) is 25.8 Å². The highest BCUT2D eigenvalue weighted by molar-refractivity contribution is 4.91. The third kappa shape index (κ3) is 2.73. The summed E-state index contributed by atoms with van der Waals surface area (Å²) in [7, 11) is 1.79. The van der Waals surface area contributed by atoms with Gasteiger partial charge in [0, 0.05) is 13.7 Å². The lowest BCUT2D eigenvalue weighted by molar-refractivity contribution is 0.0222. The number of fused-ring (bicyclic) bond motifs is 2. The second-order valence-corrected chi connectivity index (χ2v) is 6.03. The van der Waals surface area contributed by atoms with Gasteiger partial charge in [-0.15, -0.1) is 0 Å². The smallest absolute Gasteiger partial charge is 0.0746 e. The number of methoxy groups -OCH3 is 1. The van der Waals surface area contributed by atoms with Crippen molar-refractivity contribution in [3.05, 3.63) is 0 Å². The molecule has 2 rings (SSSR count). The van der Waals surface area contributed by atoms with Crippen molar-refractivity contribution in [1.29, 1.82) is 0 Å². The first-order valence-electron chi connectivity index (χ1n) is 6.36. The lowest BCUT2D eigenvalue weighted by atomic mass is 9.89. The number of hydrogen-bond acceptors (Lipinski definition) is 2. The second-order valence-electron chi connectivity index (χ2n) is 6.03. The second kappa shape index (κ2) is 4.42. The minimum atomic E-state index is -0.0163. The Balaban J connectivity index is 1.67. The Labute approximate surface area is 93.8 Å². The summed E-state index contributed by atoms with van der Waals surface area (Å²) >= 11 is 0. The van der Waals surface area contributed by atoms with E-state index in [-0.39, 0.29) is 5.60 Å². The quantitative estimate of drug-likeness (QED) is 0.754. The first-order valence-corrected chi connectivity index (χ1v) is 6.36. The fourth-order valence-corrected chi connectivity index (χ4v) is 3.26. The Bertz CT molecular complexity index is 215. The van der Waals surface area contributed by atoms with E-state index in [0.29, 0.717) is 0 Å². The van der Waals surface area contributed by atoms with Crippen molar-refractivity contribution in [3.8, 4) is 0 Å². The van der Waals surface area contributed by atoms with Crippen LogP contribution < -0.4 is 5.32 Å². The van der Waals surface area contributed by atoms with Crippen molar-refractivity contribution in [2.24, 2.45) is 17.8 Å². The molecule has 2 fully saturated rings. The van der Waals surface area contributed by atoms with Crippen molar-refractivity contribution in [2.45, 2.75) is 45.1 Å². The van der Waals surface area contributed by atoms with Gasteiger partial charge in [0.1, 0.15) is 0 Å². The molecule has 3 unspecified atom stereocenters. The molecule has 0 heterocycles. The topological polar surface area (TPSA) is 21.3 Å². The van der Waals surface area contributed by atoms with Gasteiger partial charge in [-0.25, -0.2) is 0 Å². The highest BCUT2D eigenvalue weighted by Gasteiger charge is 2.39. The molecule has 15 heavy (non-hydrogen) atoms. The summed E-state index contributed by atoms with van der Waals surface area (Å²) < 4.78 is 5.40. The third-order valence-corrected chi connectivity index (χ3v) is 4.39. The summed E-state index contributed by atoms with van der Waals surface area (Å²) in [6.45, 7) is 6.45. The Morgan fingerprint density at radius 1 is 1.27 bits per heavy atom. The molecule has 1 N–H and O–H groups in total. The monoisotopic (exact) mass is 211 g/mol. The van der Waals surface area contributed by atoms with Crippen LogP contribution >= 0.6 is 0 Å². The van der Waals surface area contributed by atoms with Gasteiger partial charge in [-0.1, -0.05) is 6.42 Å². The predicted molar refractivity (Wildman–Crippen MR) is 62.9 cm³/mol. The molecule has 0 amide bonds. The fourth-order valence-electron chi connectivity index (χ4n) is 3.26. The molecule has 0 spiro atoms. The summed E-state index contributed by atoms with van der Waals surface area (Å²) in [6.07, 6.45) is 5.99. The van der Waals surface area contributed by atoms with Gasteiger partial charge in [0.05, 0.1) is 5.60 Å². The molecule has 2 nitrogen and oxygen atoms in total. The molecule has 0 aromatic carbocycles. The van der Waals surface area contributed by atoms with Crippen molar-refractivity contribution < 1.29 is 4.74 Å². The largest absolute Gasteiger partial charge is 0.377 e. The molecule has 2 saturated carbocycles. The van der Waals surface area contributed by atoms with Crippen LogP contribution in [0.25, 0.3) is 0 Å². The zero-order chi connectivity index (χ0) is 10.9. The summed E-state index contributed by atoms with van der Waals surface area (Å²) in [5.41, 5.74) is -0.0163. The van der Waals surface area contributed by atoms with E-state index in [1.165, 1.54) is 32.2 Å². The fraction of sp³-hybridized carbons (Fsp3) is 1.00. The lowest BCUT2D eigenvalue weighted by Gasteiger charge is -2.26. The molecule has 3 atom stereocenters. The minimum absolute atomic E-state index is 0.0163. The molecule has 2 aliphatic carbocycles. The van der Waals surface area contributed by atoms with E-state index in [2.05, 4.69) is 19.2 Å². The number of hydrogen-bond donors (Lipinski definition) is 1. The molecule has 0 aliphatic heterocycles. The van der Waals surface area contributed by atoms with Crippen LogP contribution in [0.15, 0.2) is 0 Å². The molecule has 0 aromatic rings. The maximum atomic E-state index is 5.40. The average Bonchev–Trinajstić information content (AvgIpc) is 2.79.